The van der Waals surface area contributed by atoms with E-state index in [0.29, 0.717) is 5.75 Å². The minimum atomic E-state index is -4.24. The lowest BCUT2D eigenvalue weighted by atomic mass is 9.94. The number of carbonyl (C=O) groups is 2. The molecule has 0 radical (unpaired) electrons. The number of carbonyl (C=O) groups excluding carboxylic acids is 2. The first kappa shape index (κ1) is 34.7. The summed E-state index contributed by atoms with van der Waals surface area (Å²) in [5, 5.41) is 3.25. The molecule has 4 aromatic rings. The lowest BCUT2D eigenvalue weighted by Gasteiger charge is -2.35. The molecule has 0 bridgehead atoms. The molecule has 2 amide bonds. The number of rotatable bonds is 13. The van der Waals surface area contributed by atoms with Crippen molar-refractivity contribution in [2.75, 3.05) is 18.0 Å². The molecule has 1 fully saturated rings. The molecule has 0 spiro atoms. The Hall–Kier alpha value is -4.63. The molecule has 4 aromatic carbocycles. The Morgan fingerprint density at radius 2 is 1.48 bits per heavy atom. The zero-order valence-corrected chi connectivity index (χ0v) is 28.8. The highest BCUT2D eigenvalue weighted by Gasteiger charge is 2.36. The fourth-order valence-electron chi connectivity index (χ4n) is 6.26. The third-order valence-electron chi connectivity index (χ3n) is 9.07. The largest absolute Gasteiger partial charge is 0.495 e. The summed E-state index contributed by atoms with van der Waals surface area (Å²) in [5.74, 6) is -0.431. The Bertz CT molecular complexity index is 1790. The molecule has 0 unspecified atom stereocenters. The highest BCUT2D eigenvalue weighted by atomic mass is 32.2. The zero-order valence-electron chi connectivity index (χ0n) is 28.0. The van der Waals surface area contributed by atoms with E-state index in [2.05, 4.69) is 5.32 Å². The average molecular weight is 668 g/mol. The molecule has 1 atom stereocenters. The molecular weight excluding hydrogens is 623 g/mol. The number of sulfonamides is 1. The van der Waals surface area contributed by atoms with Crippen molar-refractivity contribution in [3.8, 4) is 5.75 Å². The van der Waals surface area contributed by atoms with Gasteiger partial charge in [0, 0.05) is 19.0 Å². The average Bonchev–Trinajstić information content (AvgIpc) is 3.10. The zero-order chi connectivity index (χ0) is 34.1. The van der Waals surface area contributed by atoms with E-state index in [9.17, 15) is 18.0 Å². The van der Waals surface area contributed by atoms with Gasteiger partial charge in [0.1, 0.15) is 18.3 Å². The Morgan fingerprint density at radius 1 is 0.833 bits per heavy atom. The molecule has 0 aliphatic heterocycles. The maximum absolute atomic E-state index is 14.8. The second-order valence-electron chi connectivity index (χ2n) is 12.5. The quantitative estimate of drug-likeness (QED) is 0.174. The molecule has 1 saturated carbocycles. The molecule has 48 heavy (non-hydrogen) atoms. The van der Waals surface area contributed by atoms with E-state index in [-0.39, 0.29) is 35.5 Å². The molecule has 0 aromatic heterocycles. The third kappa shape index (κ3) is 8.44. The normalized spacial score (nSPS) is 14.1. The maximum Gasteiger partial charge on any atom is 0.264 e. The lowest BCUT2D eigenvalue weighted by molar-refractivity contribution is -0.140. The summed E-state index contributed by atoms with van der Waals surface area (Å²) in [6.07, 6.45) is 5.30. The van der Waals surface area contributed by atoms with Crippen LogP contribution in [0.15, 0.2) is 108 Å². The number of nitrogens with one attached hydrogen (secondary N) is 1. The van der Waals surface area contributed by atoms with E-state index in [4.69, 9.17) is 4.74 Å². The SMILES string of the molecule is COc1ccccc1N(CC(=O)N(Cc1ccccc1C)[C@H](Cc1ccccc1)C(=O)NC1CCCCC1)S(=O)(=O)c1ccc(C)cc1. The maximum atomic E-state index is 14.8. The lowest BCUT2D eigenvalue weighted by Crippen LogP contribution is -2.55. The van der Waals surface area contributed by atoms with Crippen molar-refractivity contribution >= 4 is 27.5 Å². The molecule has 252 valence electrons. The van der Waals surface area contributed by atoms with Crippen molar-refractivity contribution in [2.24, 2.45) is 0 Å². The number of hydrogen-bond acceptors (Lipinski definition) is 5. The summed E-state index contributed by atoms with van der Waals surface area (Å²) in [6.45, 7) is 3.44. The van der Waals surface area contributed by atoms with Crippen molar-refractivity contribution in [2.45, 2.75) is 75.9 Å². The van der Waals surface area contributed by atoms with Gasteiger partial charge in [-0.3, -0.25) is 13.9 Å². The standard InChI is InChI=1S/C39H45N3O5S/c1-29-22-24-34(25-23-29)48(45,46)42(35-20-12-13-21-37(35)47-3)28-38(43)41(27-32-17-11-10-14-30(32)2)36(26-31-15-6-4-7-16-31)39(44)40-33-18-8-5-9-19-33/h4,6-7,10-17,20-25,33,36H,5,8-9,18-19,26-28H2,1-3H3,(H,40,44)/t36-/m1/s1. The fourth-order valence-corrected chi connectivity index (χ4v) is 7.68. The summed E-state index contributed by atoms with van der Waals surface area (Å²) in [7, 11) is -2.77. The number of nitrogens with zero attached hydrogens (tertiary/aromatic N) is 2. The van der Waals surface area contributed by atoms with Gasteiger partial charge in [-0.25, -0.2) is 8.42 Å². The van der Waals surface area contributed by atoms with Crippen LogP contribution in [-0.4, -0.2) is 50.9 Å². The van der Waals surface area contributed by atoms with Gasteiger partial charge in [-0.2, -0.15) is 0 Å². The second-order valence-corrected chi connectivity index (χ2v) is 14.4. The van der Waals surface area contributed by atoms with E-state index in [1.165, 1.54) is 7.11 Å². The number of hydrogen-bond donors (Lipinski definition) is 1. The van der Waals surface area contributed by atoms with Crippen molar-refractivity contribution in [1.29, 1.82) is 0 Å². The molecule has 5 rings (SSSR count). The van der Waals surface area contributed by atoms with Gasteiger partial charge in [0.25, 0.3) is 10.0 Å². The minimum absolute atomic E-state index is 0.0342. The number of benzene rings is 4. The number of methoxy groups -OCH3 is 1. The molecule has 8 nitrogen and oxygen atoms in total. The Kier molecular flexibility index (Phi) is 11.5. The number of aryl methyl sites for hydroxylation is 2. The van der Waals surface area contributed by atoms with Crippen LogP contribution in [0.3, 0.4) is 0 Å². The van der Waals surface area contributed by atoms with Crippen LogP contribution in [-0.2, 0) is 32.6 Å². The van der Waals surface area contributed by atoms with Gasteiger partial charge >= 0.3 is 0 Å². The fraction of sp³-hybridized carbons (Fsp3) is 0.333. The van der Waals surface area contributed by atoms with Gasteiger partial charge in [0.2, 0.25) is 11.8 Å². The van der Waals surface area contributed by atoms with Crippen LogP contribution >= 0.6 is 0 Å². The van der Waals surface area contributed by atoms with Gasteiger partial charge in [-0.1, -0.05) is 104 Å². The van der Waals surface area contributed by atoms with E-state index < -0.39 is 28.5 Å². The van der Waals surface area contributed by atoms with Crippen LogP contribution in [0.2, 0.25) is 0 Å². The first-order valence-electron chi connectivity index (χ1n) is 16.6. The first-order chi connectivity index (χ1) is 23.2. The summed E-state index contributed by atoms with van der Waals surface area (Å²) in [5.41, 5.74) is 3.88. The van der Waals surface area contributed by atoms with E-state index >= 15 is 0 Å². The van der Waals surface area contributed by atoms with Gasteiger partial charge in [-0.05, 0) is 67.6 Å². The van der Waals surface area contributed by atoms with Crippen molar-refractivity contribution in [1.82, 2.24) is 10.2 Å². The van der Waals surface area contributed by atoms with Crippen molar-refractivity contribution in [3.63, 3.8) is 0 Å². The smallest absolute Gasteiger partial charge is 0.264 e. The summed E-state index contributed by atoms with van der Waals surface area (Å²) >= 11 is 0. The summed E-state index contributed by atoms with van der Waals surface area (Å²) in [6, 6.07) is 29.8. The van der Waals surface area contributed by atoms with Crippen LogP contribution in [0.25, 0.3) is 0 Å². The molecule has 1 N–H and O–H groups in total. The van der Waals surface area contributed by atoms with Gasteiger partial charge in [0.05, 0.1) is 17.7 Å². The molecule has 0 saturated heterocycles. The highest BCUT2D eigenvalue weighted by molar-refractivity contribution is 7.92. The van der Waals surface area contributed by atoms with E-state index in [1.54, 1.807) is 53.4 Å². The Labute approximate surface area is 284 Å². The number of anilines is 1. The highest BCUT2D eigenvalue weighted by Crippen LogP contribution is 2.33. The molecule has 9 heteroatoms. The third-order valence-corrected chi connectivity index (χ3v) is 10.8. The summed E-state index contributed by atoms with van der Waals surface area (Å²) < 4.78 is 35.4. The van der Waals surface area contributed by atoms with Crippen LogP contribution in [0.1, 0.15) is 54.4 Å². The molecule has 1 aliphatic rings. The molecule has 0 heterocycles. The van der Waals surface area contributed by atoms with Crippen LogP contribution in [0.5, 0.6) is 5.75 Å². The Morgan fingerprint density at radius 3 is 2.17 bits per heavy atom. The monoisotopic (exact) mass is 667 g/mol. The molecular formula is C39H45N3O5S. The molecule has 1 aliphatic carbocycles. The van der Waals surface area contributed by atoms with E-state index in [0.717, 1.165) is 58.7 Å². The Balaban J connectivity index is 1.59. The predicted octanol–water partition coefficient (Wildman–Crippen LogP) is 6.60. The van der Waals surface area contributed by atoms with E-state index in [1.807, 2.05) is 68.4 Å². The van der Waals surface area contributed by atoms with Crippen LogP contribution in [0, 0.1) is 13.8 Å². The van der Waals surface area contributed by atoms with Crippen LogP contribution < -0.4 is 14.4 Å². The van der Waals surface area contributed by atoms with Crippen molar-refractivity contribution in [3.05, 3.63) is 125 Å². The minimum Gasteiger partial charge on any atom is -0.495 e. The first-order valence-corrected chi connectivity index (χ1v) is 18.0. The van der Waals surface area contributed by atoms with Gasteiger partial charge in [-0.15, -0.1) is 0 Å². The van der Waals surface area contributed by atoms with Crippen LogP contribution in [0.4, 0.5) is 5.69 Å². The van der Waals surface area contributed by atoms with Gasteiger partial charge < -0.3 is 15.0 Å². The predicted molar refractivity (Wildman–Crippen MR) is 189 cm³/mol. The van der Waals surface area contributed by atoms with Crippen molar-refractivity contribution < 1.29 is 22.7 Å². The number of para-hydroxylation sites is 2. The van der Waals surface area contributed by atoms with Gasteiger partial charge in [0.15, 0.2) is 0 Å². The topological polar surface area (TPSA) is 96.0 Å². The second kappa shape index (κ2) is 16.0. The number of ether oxygens (including phenoxy) is 1. The summed E-state index contributed by atoms with van der Waals surface area (Å²) in [4.78, 5) is 30.7. The number of amides is 2.